The Balaban J connectivity index is 2.11. The minimum atomic E-state index is -0.305. The summed E-state index contributed by atoms with van der Waals surface area (Å²) in [5.74, 6) is -0.305. The standard InChI is InChI=1S/C10H10N2O2S2/c1-2-14-12-9(13)7-6-16-10(11-7)8-4-3-5-15-8/h3-6H,2H2,1H3,(H,12,13). The molecule has 2 aromatic heterocycles. The van der Waals surface area contributed by atoms with E-state index in [0.717, 1.165) is 9.88 Å². The molecule has 4 nitrogen and oxygen atoms in total. The molecule has 0 aliphatic carbocycles. The van der Waals surface area contributed by atoms with Crippen molar-refractivity contribution in [1.29, 1.82) is 0 Å². The van der Waals surface area contributed by atoms with Gasteiger partial charge in [-0.25, -0.2) is 10.5 Å². The summed E-state index contributed by atoms with van der Waals surface area (Å²) in [6.45, 7) is 2.24. The molecule has 2 rings (SSSR count). The first-order valence-corrected chi connectivity index (χ1v) is 6.48. The van der Waals surface area contributed by atoms with Crippen molar-refractivity contribution in [1.82, 2.24) is 10.5 Å². The summed E-state index contributed by atoms with van der Waals surface area (Å²) in [5.41, 5.74) is 2.71. The average molecular weight is 254 g/mol. The summed E-state index contributed by atoms with van der Waals surface area (Å²) in [5, 5.41) is 4.57. The lowest BCUT2D eigenvalue weighted by Gasteiger charge is -1.99. The van der Waals surface area contributed by atoms with Crippen LogP contribution in [-0.2, 0) is 4.84 Å². The summed E-state index contributed by atoms with van der Waals surface area (Å²) in [6, 6.07) is 3.94. The van der Waals surface area contributed by atoms with Gasteiger partial charge in [0.15, 0.2) is 0 Å². The van der Waals surface area contributed by atoms with E-state index in [4.69, 9.17) is 4.84 Å². The van der Waals surface area contributed by atoms with E-state index in [2.05, 4.69) is 10.5 Å². The number of nitrogens with zero attached hydrogens (tertiary/aromatic N) is 1. The highest BCUT2D eigenvalue weighted by atomic mass is 32.1. The van der Waals surface area contributed by atoms with Crippen LogP contribution in [-0.4, -0.2) is 17.5 Å². The predicted molar refractivity (Wildman–Crippen MR) is 64.5 cm³/mol. The third-order valence-electron chi connectivity index (χ3n) is 1.78. The molecule has 1 amide bonds. The first-order valence-electron chi connectivity index (χ1n) is 4.72. The zero-order valence-electron chi connectivity index (χ0n) is 8.60. The Morgan fingerprint density at radius 2 is 2.44 bits per heavy atom. The second-order valence-electron chi connectivity index (χ2n) is 2.88. The molecule has 1 N–H and O–H groups in total. The number of hydrogen-bond acceptors (Lipinski definition) is 5. The fourth-order valence-electron chi connectivity index (χ4n) is 1.08. The van der Waals surface area contributed by atoms with Gasteiger partial charge in [-0.2, -0.15) is 0 Å². The minimum Gasteiger partial charge on any atom is -0.274 e. The van der Waals surface area contributed by atoms with Crippen LogP contribution in [0.4, 0.5) is 0 Å². The molecule has 0 fully saturated rings. The van der Waals surface area contributed by atoms with Crippen molar-refractivity contribution in [2.24, 2.45) is 0 Å². The van der Waals surface area contributed by atoms with Crippen LogP contribution < -0.4 is 5.48 Å². The summed E-state index contributed by atoms with van der Waals surface area (Å²) in [4.78, 5) is 21.6. The minimum absolute atomic E-state index is 0.305. The molecule has 0 unspecified atom stereocenters. The highest BCUT2D eigenvalue weighted by Crippen LogP contribution is 2.27. The zero-order chi connectivity index (χ0) is 11.4. The number of carbonyl (C=O) groups is 1. The summed E-state index contributed by atoms with van der Waals surface area (Å²) in [7, 11) is 0. The molecule has 2 heterocycles. The van der Waals surface area contributed by atoms with Gasteiger partial charge in [0.05, 0.1) is 11.5 Å². The van der Waals surface area contributed by atoms with E-state index in [1.807, 2.05) is 17.5 Å². The number of aromatic nitrogens is 1. The molecule has 0 radical (unpaired) electrons. The Morgan fingerprint density at radius 1 is 1.56 bits per heavy atom. The van der Waals surface area contributed by atoms with Gasteiger partial charge < -0.3 is 0 Å². The number of amides is 1. The topological polar surface area (TPSA) is 51.2 Å². The van der Waals surface area contributed by atoms with Gasteiger partial charge in [-0.05, 0) is 18.4 Å². The van der Waals surface area contributed by atoms with Crippen LogP contribution >= 0.6 is 22.7 Å². The molecule has 0 spiro atoms. The van der Waals surface area contributed by atoms with Crippen molar-refractivity contribution in [3.8, 4) is 9.88 Å². The van der Waals surface area contributed by atoms with Crippen LogP contribution in [0.15, 0.2) is 22.9 Å². The first kappa shape index (κ1) is 11.3. The molecular weight excluding hydrogens is 244 g/mol. The normalized spacial score (nSPS) is 10.3. The second-order valence-corrected chi connectivity index (χ2v) is 4.69. The number of hydrogen-bond donors (Lipinski definition) is 1. The lowest BCUT2D eigenvalue weighted by molar-refractivity contribution is 0.0360. The molecule has 0 aromatic carbocycles. The van der Waals surface area contributed by atoms with Gasteiger partial charge in [0.1, 0.15) is 10.7 Å². The smallest absolute Gasteiger partial charge is 0.274 e. The average Bonchev–Trinajstić information content (AvgIpc) is 2.94. The fraction of sp³-hybridized carbons (Fsp3) is 0.200. The molecule has 84 valence electrons. The maximum atomic E-state index is 11.5. The third-order valence-corrected chi connectivity index (χ3v) is 3.66. The molecule has 0 bridgehead atoms. The monoisotopic (exact) mass is 254 g/mol. The van der Waals surface area contributed by atoms with Crippen LogP contribution in [0.5, 0.6) is 0 Å². The number of nitrogens with one attached hydrogen (secondary N) is 1. The van der Waals surface area contributed by atoms with Crippen molar-refractivity contribution < 1.29 is 9.63 Å². The lowest BCUT2D eigenvalue weighted by Crippen LogP contribution is -2.23. The maximum Gasteiger partial charge on any atom is 0.294 e. The van der Waals surface area contributed by atoms with Gasteiger partial charge in [0, 0.05) is 5.38 Å². The van der Waals surface area contributed by atoms with Crippen LogP contribution in [0, 0.1) is 0 Å². The van der Waals surface area contributed by atoms with E-state index in [1.54, 1.807) is 23.6 Å². The van der Waals surface area contributed by atoms with E-state index >= 15 is 0 Å². The SMILES string of the molecule is CCONC(=O)c1csc(-c2cccs2)n1. The Labute approximate surface area is 101 Å². The van der Waals surface area contributed by atoms with Crippen molar-refractivity contribution in [3.05, 3.63) is 28.6 Å². The van der Waals surface area contributed by atoms with E-state index in [1.165, 1.54) is 11.3 Å². The van der Waals surface area contributed by atoms with Crippen molar-refractivity contribution in [3.63, 3.8) is 0 Å². The second kappa shape index (κ2) is 5.20. The van der Waals surface area contributed by atoms with E-state index in [0.29, 0.717) is 12.3 Å². The fourth-order valence-corrected chi connectivity index (χ4v) is 2.70. The lowest BCUT2D eigenvalue weighted by atomic mass is 10.4. The molecule has 16 heavy (non-hydrogen) atoms. The number of carbonyl (C=O) groups excluding carboxylic acids is 1. The maximum absolute atomic E-state index is 11.5. The molecule has 0 saturated carbocycles. The van der Waals surface area contributed by atoms with E-state index in [9.17, 15) is 4.79 Å². The van der Waals surface area contributed by atoms with Crippen LogP contribution in [0.1, 0.15) is 17.4 Å². The number of thiophene rings is 1. The summed E-state index contributed by atoms with van der Waals surface area (Å²) in [6.07, 6.45) is 0. The molecule has 0 atom stereocenters. The highest BCUT2D eigenvalue weighted by molar-refractivity contribution is 7.20. The van der Waals surface area contributed by atoms with E-state index < -0.39 is 0 Å². The van der Waals surface area contributed by atoms with Crippen molar-refractivity contribution in [2.75, 3.05) is 6.61 Å². The molecule has 0 aliphatic heterocycles. The molecule has 2 aromatic rings. The first-order chi connectivity index (χ1) is 7.81. The van der Waals surface area contributed by atoms with Gasteiger partial charge in [0.2, 0.25) is 0 Å². The van der Waals surface area contributed by atoms with Crippen LogP contribution in [0.2, 0.25) is 0 Å². The van der Waals surface area contributed by atoms with Gasteiger partial charge in [-0.1, -0.05) is 6.07 Å². The van der Waals surface area contributed by atoms with Gasteiger partial charge in [-0.3, -0.25) is 9.63 Å². The third kappa shape index (κ3) is 2.46. The highest BCUT2D eigenvalue weighted by Gasteiger charge is 2.11. The Bertz CT molecular complexity index is 465. The van der Waals surface area contributed by atoms with Crippen molar-refractivity contribution in [2.45, 2.75) is 6.92 Å². The Morgan fingerprint density at radius 3 is 3.12 bits per heavy atom. The van der Waals surface area contributed by atoms with Gasteiger partial charge >= 0.3 is 0 Å². The summed E-state index contributed by atoms with van der Waals surface area (Å²) < 4.78 is 0. The molecule has 6 heteroatoms. The Kier molecular flexibility index (Phi) is 3.66. The largest absolute Gasteiger partial charge is 0.294 e. The van der Waals surface area contributed by atoms with Gasteiger partial charge in [-0.15, -0.1) is 22.7 Å². The predicted octanol–water partition coefficient (Wildman–Crippen LogP) is 2.55. The Hall–Kier alpha value is -1.24. The molecule has 0 aliphatic rings. The van der Waals surface area contributed by atoms with Crippen LogP contribution in [0.25, 0.3) is 9.88 Å². The quantitative estimate of drug-likeness (QED) is 0.853. The van der Waals surface area contributed by atoms with E-state index in [-0.39, 0.29) is 5.91 Å². The van der Waals surface area contributed by atoms with Crippen LogP contribution in [0.3, 0.4) is 0 Å². The summed E-state index contributed by atoms with van der Waals surface area (Å²) >= 11 is 3.06. The number of hydroxylamine groups is 1. The number of thiazole rings is 1. The molecule has 0 saturated heterocycles. The number of rotatable bonds is 4. The van der Waals surface area contributed by atoms with Gasteiger partial charge in [0.25, 0.3) is 5.91 Å². The zero-order valence-corrected chi connectivity index (χ0v) is 10.2. The molecular formula is C10H10N2O2S2. The van der Waals surface area contributed by atoms with Crippen molar-refractivity contribution >= 4 is 28.6 Å².